The predicted molar refractivity (Wildman–Crippen MR) is 59.8 cm³/mol. The first kappa shape index (κ1) is 13.5. The molecule has 0 saturated heterocycles. The number of hydrogen-bond acceptors (Lipinski definition) is 2. The molecule has 0 bridgehead atoms. The Hall–Kier alpha value is -1.56. The molecule has 3 nitrogen and oxygen atoms in total. The molecule has 17 heavy (non-hydrogen) atoms. The zero-order valence-electron chi connectivity index (χ0n) is 9.38. The van der Waals surface area contributed by atoms with Crippen molar-refractivity contribution >= 4 is 5.84 Å². The monoisotopic (exact) mass is 245 g/mol. The summed E-state index contributed by atoms with van der Waals surface area (Å²) >= 11 is 0. The minimum Gasteiger partial charge on any atom is -0.384 e. The molecule has 1 aromatic carbocycles. The van der Waals surface area contributed by atoms with Gasteiger partial charge in [0.25, 0.3) is 0 Å². The third-order valence-corrected chi connectivity index (χ3v) is 2.20. The van der Waals surface area contributed by atoms with E-state index in [2.05, 4.69) is 0 Å². The fourth-order valence-corrected chi connectivity index (χ4v) is 1.57. The van der Waals surface area contributed by atoms with E-state index >= 15 is 0 Å². The highest BCUT2D eigenvalue weighted by Crippen LogP contribution is 2.18. The van der Waals surface area contributed by atoms with Gasteiger partial charge in [-0.05, 0) is 12.6 Å². The Kier molecular flexibility index (Phi) is 4.11. The highest BCUT2D eigenvalue weighted by atomic mass is 19.4. The first-order chi connectivity index (χ1) is 7.79. The van der Waals surface area contributed by atoms with Crippen LogP contribution in [0.15, 0.2) is 24.3 Å². The van der Waals surface area contributed by atoms with Crippen molar-refractivity contribution in [1.29, 1.82) is 5.41 Å². The Labute approximate surface area is 97.5 Å². The molecule has 0 amide bonds. The van der Waals surface area contributed by atoms with Gasteiger partial charge in [-0.1, -0.05) is 24.3 Å². The van der Waals surface area contributed by atoms with Crippen LogP contribution in [0.4, 0.5) is 13.2 Å². The van der Waals surface area contributed by atoms with Gasteiger partial charge < -0.3 is 5.73 Å². The smallest absolute Gasteiger partial charge is 0.384 e. The van der Waals surface area contributed by atoms with Crippen LogP contribution in [0.2, 0.25) is 0 Å². The number of amidine groups is 1. The number of nitrogens with zero attached hydrogens (tertiary/aromatic N) is 1. The first-order valence-electron chi connectivity index (χ1n) is 4.97. The Morgan fingerprint density at radius 1 is 1.35 bits per heavy atom. The van der Waals surface area contributed by atoms with Gasteiger partial charge in [-0.25, -0.2) is 0 Å². The average Bonchev–Trinajstić information content (AvgIpc) is 2.14. The second kappa shape index (κ2) is 5.18. The molecule has 0 heterocycles. The largest absolute Gasteiger partial charge is 0.401 e. The second-order valence-electron chi connectivity index (χ2n) is 3.86. The molecular weight excluding hydrogens is 231 g/mol. The van der Waals surface area contributed by atoms with Crippen molar-refractivity contribution in [2.75, 3.05) is 13.6 Å². The van der Waals surface area contributed by atoms with E-state index < -0.39 is 12.7 Å². The van der Waals surface area contributed by atoms with Gasteiger partial charge in [-0.3, -0.25) is 10.3 Å². The van der Waals surface area contributed by atoms with Crippen molar-refractivity contribution in [3.8, 4) is 0 Å². The van der Waals surface area contributed by atoms with E-state index in [1.807, 2.05) is 0 Å². The number of benzene rings is 1. The number of hydrogen-bond donors (Lipinski definition) is 2. The Balaban J connectivity index is 2.78. The summed E-state index contributed by atoms with van der Waals surface area (Å²) in [6.07, 6.45) is -4.22. The van der Waals surface area contributed by atoms with Crippen molar-refractivity contribution in [2.24, 2.45) is 5.73 Å². The number of nitrogens with one attached hydrogen (secondary N) is 1. The van der Waals surface area contributed by atoms with E-state index in [0.717, 1.165) is 4.90 Å². The summed E-state index contributed by atoms with van der Waals surface area (Å²) in [7, 11) is 1.38. The lowest BCUT2D eigenvalue weighted by Gasteiger charge is -2.19. The van der Waals surface area contributed by atoms with Gasteiger partial charge >= 0.3 is 6.18 Å². The Morgan fingerprint density at radius 3 is 2.47 bits per heavy atom. The molecule has 0 spiro atoms. The fraction of sp³-hybridized carbons (Fsp3) is 0.364. The number of nitrogen functional groups attached to an aromatic ring is 1. The van der Waals surface area contributed by atoms with Crippen LogP contribution in [0.3, 0.4) is 0 Å². The molecular formula is C11H14F3N3. The lowest BCUT2D eigenvalue weighted by Crippen LogP contribution is -2.31. The van der Waals surface area contributed by atoms with Crippen molar-refractivity contribution in [3.05, 3.63) is 35.4 Å². The van der Waals surface area contributed by atoms with Crippen molar-refractivity contribution in [2.45, 2.75) is 12.7 Å². The van der Waals surface area contributed by atoms with Gasteiger partial charge in [0.15, 0.2) is 0 Å². The second-order valence-corrected chi connectivity index (χ2v) is 3.86. The summed E-state index contributed by atoms with van der Waals surface area (Å²) in [5, 5.41) is 7.34. The van der Waals surface area contributed by atoms with Crippen LogP contribution in [0.5, 0.6) is 0 Å². The van der Waals surface area contributed by atoms with Gasteiger partial charge in [0.05, 0.1) is 6.54 Å². The highest BCUT2D eigenvalue weighted by molar-refractivity contribution is 5.96. The third-order valence-electron chi connectivity index (χ3n) is 2.20. The molecule has 0 aliphatic rings. The maximum Gasteiger partial charge on any atom is 0.401 e. The Bertz CT molecular complexity index is 401. The van der Waals surface area contributed by atoms with Gasteiger partial charge in [-0.15, -0.1) is 0 Å². The molecule has 0 atom stereocenters. The van der Waals surface area contributed by atoms with Crippen LogP contribution >= 0.6 is 0 Å². The third kappa shape index (κ3) is 4.44. The summed E-state index contributed by atoms with van der Waals surface area (Å²) in [6, 6.07) is 6.70. The quantitative estimate of drug-likeness (QED) is 0.629. The van der Waals surface area contributed by atoms with Crippen LogP contribution in [0.25, 0.3) is 0 Å². The normalized spacial score (nSPS) is 11.8. The molecule has 94 valence electrons. The fourth-order valence-electron chi connectivity index (χ4n) is 1.57. The number of alkyl halides is 3. The van der Waals surface area contributed by atoms with Crippen molar-refractivity contribution < 1.29 is 13.2 Å². The van der Waals surface area contributed by atoms with Gasteiger partial charge in [-0.2, -0.15) is 13.2 Å². The molecule has 0 unspecified atom stereocenters. The highest BCUT2D eigenvalue weighted by Gasteiger charge is 2.29. The summed E-state index contributed by atoms with van der Waals surface area (Å²) in [4.78, 5) is 1.14. The molecule has 0 saturated carbocycles. The molecule has 0 aliphatic carbocycles. The van der Waals surface area contributed by atoms with E-state index in [1.165, 1.54) is 7.05 Å². The number of halogens is 3. The van der Waals surface area contributed by atoms with Crippen LogP contribution in [-0.4, -0.2) is 30.5 Å². The predicted octanol–water partition coefficient (Wildman–Crippen LogP) is 1.96. The van der Waals surface area contributed by atoms with Crippen LogP contribution in [0, 0.1) is 5.41 Å². The molecule has 0 aromatic heterocycles. The Morgan fingerprint density at radius 2 is 1.94 bits per heavy atom. The number of rotatable bonds is 4. The van der Waals surface area contributed by atoms with E-state index in [-0.39, 0.29) is 12.4 Å². The van der Waals surface area contributed by atoms with Gasteiger partial charge in [0.1, 0.15) is 5.84 Å². The van der Waals surface area contributed by atoms with Crippen LogP contribution < -0.4 is 5.73 Å². The molecule has 0 aliphatic heterocycles. The van der Waals surface area contributed by atoms with Crippen LogP contribution in [0.1, 0.15) is 11.1 Å². The van der Waals surface area contributed by atoms with Crippen LogP contribution in [-0.2, 0) is 6.54 Å². The molecule has 0 radical (unpaired) electrons. The van der Waals surface area contributed by atoms with Crippen molar-refractivity contribution in [1.82, 2.24) is 4.90 Å². The maximum atomic E-state index is 12.2. The molecule has 6 heteroatoms. The summed E-state index contributed by atoms with van der Waals surface area (Å²) in [6.45, 7) is -0.880. The summed E-state index contributed by atoms with van der Waals surface area (Å²) in [5.74, 6) is -0.138. The maximum absolute atomic E-state index is 12.2. The van der Waals surface area contributed by atoms with E-state index in [1.54, 1.807) is 24.3 Å². The van der Waals surface area contributed by atoms with Crippen molar-refractivity contribution in [3.63, 3.8) is 0 Å². The summed E-state index contributed by atoms with van der Waals surface area (Å²) < 4.78 is 36.5. The lowest BCUT2D eigenvalue weighted by molar-refractivity contribution is -0.144. The molecule has 0 fully saturated rings. The number of nitrogens with two attached hydrogens (primary N) is 1. The zero-order valence-corrected chi connectivity index (χ0v) is 9.38. The van der Waals surface area contributed by atoms with E-state index in [9.17, 15) is 13.2 Å². The molecule has 1 aromatic rings. The lowest BCUT2D eigenvalue weighted by atomic mass is 10.1. The van der Waals surface area contributed by atoms with E-state index in [0.29, 0.717) is 11.1 Å². The topological polar surface area (TPSA) is 53.1 Å². The first-order valence-corrected chi connectivity index (χ1v) is 4.97. The standard InChI is InChI=1S/C11H14F3N3/c1-17(7-11(12,13)14)6-8-4-2-3-5-9(8)10(15)16/h2-5H,6-7H2,1H3,(H3,15,16). The SMILES string of the molecule is CN(Cc1ccccc1C(=N)N)CC(F)(F)F. The average molecular weight is 245 g/mol. The minimum absolute atomic E-state index is 0.106. The van der Waals surface area contributed by atoms with E-state index in [4.69, 9.17) is 11.1 Å². The zero-order chi connectivity index (χ0) is 13.1. The minimum atomic E-state index is -4.22. The van der Waals surface area contributed by atoms with Gasteiger partial charge in [0.2, 0.25) is 0 Å². The molecule has 1 rings (SSSR count). The van der Waals surface area contributed by atoms with Gasteiger partial charge in [0, 0.05) is 12.1 Å². The summed E-state index contributed by atoms with van der Waals surface area (Å²) in [5.41, 5.74) is 6.45. The molecule has 3 N–H and O–H groups in total.